The van der Waals surface area contributed by atoms with Gasteiger partial charge in [-0.1, -0.05) is 26.0 Å². The van der Waals surface area contributed by atoms with Gasteiger partial charge in [-0.25, -0.2) is 4.79 Å². The topological polar surface area (TPSA) is 112 Å². The lowest BCUT2D eigenvalue weighted by Crippen LogP contribution is -2.68. The van der Waals surface area contributed by atoms with Crippen molar-refractivity contribution < 1.29 is 38.7 Å². The Kier molecular flexibility index (Phi) is 5.87. The number of aliphatic hydroxyl groups is 1. The number of phenolic OH excluding ortho intramolecular Hbond substituents is 1. The van der Waals surface area contributed by atoms with E-state index in [2.05, 4.69) is 26.0 Å². The summed E-state index contributed by atoms with van der Waals surface area (Å²) in [6, 6.07) is 3.39. The Morgan fingerprint density at radius 3 is 2.48 bits per heavy atom. The Bertz CT molecular complexity index is 1340. The van der Waals surface area contributed by atoms with Gasteiger partial charge in [0.15, 0.2) is 5.60 Å². The first-order valence-corrected chi connectivity index (χ1v) is 14.3. The van der Waals surface area contributed by atoms with Crippen molar-refractivity contribution in [1.29, 1.82) is 0 Å². The number of ether oxygens (including phenoxy) is 4. The van der Waals surface area contributed by atoms with Gasteiger partial charge in [-0.05, 0) is 87.5 Å². The summed E-state index contributed by atoms with van der Waals surface area (Å²) in [5, 5.41) is 22.4. The van der Waals surface area contributed by atoms with E-state index in [1.54, 1.807) is 19.1 Å². The minimum absolute atomic E-state index is 0.00872. The predicted molar refractivity (Wildman–Crippen MR) is 145 cm³/mol. The van der Waals surface area contributed by atoms with E-state index in [4.69, 9.17) is 18.9 Å². The summed E-state index contributed by atoms with van der Waals surface area (Å²) in [6.45, 7) is 12.1. The fourth-order valence-corrected chi connectivity index (χ4v) is 8.01. The molecule has 2 fully saturated rings. The second kappa shape index (κ2) is 8.58. The fourth-order valence-electron chi connectivity index (χ4n) is 8.01. The molecule has 8 heteroatoms. The number of phenols is 1. The summed E-state index contributed by atoms with van der Waals surface area (Å²) < 4.78 is 25.2. The van der Waals surface area contributed by atoms with Crippen LogP contribution in [-0.2, 0) is 30.2 Å². The summed E-state index contributed by atoms with van der Waals surface area (Å²) >= 11 is 0. The number of aromatic hydroxyl groups is 1. The molecule has 5 aliphatic rings. The average Bonchev–Trinajstić information content (AvgIpc) is 3.10. The normalized spacial score (nSPS) is 42.7. The van der Waals surface area contributed by atoms with Crippen molar-refractivity contribution in [2.24, 2.45) is 17.3 Å². The van der Waals surface area contributed by atoms with Gasteiger partial charge in [0.25, 0.3) is 5.79 Å². The van der Waals surface area contributed by atoms with Crippen molar-refractivity contribution in [3.05, 3.63) is 47.1 Å². The third-order valence-corrected chi connectivity index (χ3v) is 10.4. The van der Waals surface area contributed by atoms with E-state index >= 15 is 0 Å². The number of aryl methyl sites for hydroxylation is 1. The SMILES string of the molecule is CC1=CC(=O)O[C@@]23CC(=O)O[C@@]12C[C@H]1C[C@H](O)[C@@]2(C)Oc4cc(O)cc(C)c4C[C@H]2CC(C)(C)/C=C/C[C@]1(C)O3. The smallest absolute Gasteiger partial charge is 0.333 e. The zero-order valence-corrected chi connectivity index (χ0v) is 24.2. The van der Waals surface area contributed by atoms with Crippen LogP contribution in [0.3, 0.4) is 0 Å². The van der Waals surface area contributed by atoms with Crippen LogP contribution in [-0.4, -0.2) is 50.8 Å². The summed E-state index contributed by atoms with van der Waals surface area (Å²) in [5.41, 5.74) is -0.654. The lowest BCUT2D eigenvalue weighted by molar-refractivity contribution is -0.352. The van der Waals surface area contributed by atoms with E-state index in [9.17, 15) is 19.8 Å². The molecule has 4 aliphatic heterocycles. The zero-order chi connectivity index (χ0) is 28.9. The Balaban J connectivity index is 1.45. The summed E-state index contributed by atoms with van der Waals surface area (Å²) in [6.07, 6.45) is 7.30. The Labute approximate surface area is 235 Å². The van der Waals surface area contributed by atoms with E-state index in [-0.39, 0.29) is 29.4 Å². The molecule has 2 saturated heterocycles. The molecule has 1 aromatic carbocycles. The molecule has 0 radical (unpaired) electrons. The number of aliphatic hydroxyl groups excluding tert-OH is 1. The van der Waals surface area contributed by atoms with Crippen LogP contribution in [0.5, 0.6) is 11.5 Å². The van der Waals surface area contributed by atoms with Crippen molar-refractivity contribution >= 4 is 11.9 Å². The van der Waals surface area contributed by atoms with E-state index in [1.807, 2.05) is 20.8 Å². The first-order chi connectivity index (χ1) is 18.6. The van der Waals surface area contributed by atoms with Crippen molar-refractivity contribution in [2.75, 3.05) is 0 Å². The minimum atomic E-state index is -1.54. The van der Waals surface area contributed by atoms with Gasteiger partial charge in [-0.15, -0.1) is 0 Å². The molecule has 0 spiro atoms. The quantitative estimate of drug-likeness (QED) is 0.348. The predicted octanol–water partition coefficient (Wildman–Crippen LogP) is 4.82. The average molecular weight is 553 g/mol. The number of hydrogen-bond acceptors (Lipinski definition) is 8. The Morgan fingerprint density at radius 1 is 0.975 bits per heavy atom. The van der Waals surface area contributed by atoms with Crippen LogP contribution >= 0.6 is 0 Å². The van der Waals surface area contributed by atoms with E-state index in [1.165, 1.54) is 6.08 Å². The number of esters is 2. The monoisotopic (exact) mass is 552 g/mol. The van der Waals surface area contributed by atoms with Crippen LogP contribution < -0.4 is 4.74 Å². The van der Waals surface area contributed by atoms with E-state index in [0.717, 1.165) is 17.5 Å². The molecular formula is C32H40O8. The molecule has 8 nitrogen and oxygen atoms in total. The van der Waals surface area contributed by atoms with Crippen molar-refractivity contribution in [3.8, 4) is 11.5 Å². The minimum Gasteiger partial charge on any atom is -0.508 e. The van der Waals surface area contributed by atoms with Crippen LogP contribution in [0.2, 0.25) is 0 Å². The number of carbonyl (C=O) groups is 2. The highest BCUT2D eigenvalue weighted by Gasteiger charge is 2.73. The van der Waals surface area contributed by atoms with Gasteiger partial charge in [-0.3, -0.25) is 4.79 Å². The molecule has 0 aromatic heterocycles. The maximum Gasteiger partial charge on any atom is 0.333 e. The molecule has 0 unspecified atom stereocenters. The van der Waals surface area contributed by atoms with Crippen molar-refractivity contribution in [3.63, 3.8) is 0 Å². The third-order valence-electron chi connectivity index (χ3n) is 10.4. The number of carbonyl (C=O) groups excluding carboxylic acids is 2. The number of rotatable bonds is 0. The number of benzene rings is 1. The molecule has 216 valence electrons. The molecule has 1 aliphatic carbocycles. The molecular weight excluding hydrogens is 512 g/mol. The lowest BCUT2D eigenvalue weighted by atomic mass is 9.64. The van der Waals surface area contributed by atoms with Crippen molar-refractivity contribution in [2.45, 2.75) is 109 Å². The number of hydrogen-bond donors (Lipinski definition) is 2. The second-order valence-electron chi connectivity index (χ2n) is 13.8. The van der Waals surface area contributed by atoms with Gasteiger partial charge in [0.2, 0.25) is 0 Å². The molecule has 1 aromatic rings. The van der Waals surface area contributed by atoms with Gasteiger partial charge >= 0.3 is 11.9 Å². The van der Waals surface area contributed by atoms with Crippen LogP contribution in [0, 0.1) is 24.2 Å². The van der Waals surface area contributed by atoms with Crippen LogP contribution in [0.25, 0.3) is 0 Å². The van der Waals surface area contributed by atoms with Crippen LogP contribution in [0.15, 0.2) is 35.9 Å². The third kappa shape index (κ3) is 3.93. The molecule has 2 N–H and O–H groups in total. The Morgan fingerprint density at radius 2 is 1.73 bits per heavy atom. The van der Waals surface area contributed by atoms with Gasteiger partial charge in [0.05, 0.1) is 11.7 Å². The van der Waals surface area contributed by atoms with E-state index in [0.29, 0.717) is 37.0 Å². The highest BCUT2D eigenvalue weighted by Crippen LogP contribution is 2.60. The lowest BCUT2D eigenvalue weighted by Gasteiger charge is -2.57. The highest BCUT2D eigenvalue weighted by molar-refractivity contribution is 5.87. The van der Waals surface area contributed by atoms with Gasteiger partial charge in [-0.2, -0.15) is 0 Å². The largest absolute Gasteiger partial charge is 0.508 e. The zero-order valence-electron chi connectivity index (χ0n) is 24.2. The maximum absolute atomic E-state index is 12.8. The highest BCUT2D eigenvalue weighted by atomic mass is 16.8. The van der Waals surface area contributed by atoms with Crippen molar-refractivity contribution in [1.82, 2.24) is 0 Å². The van der Waals surface area contributed by atoms with Gasteiger partial charge in [0, 0.05) is 24.5 Å². The van der Waals surface area contributed by atoms with E-state index < -0.39 is 40.6 Å². The summed E-state index contributed by atoms with van der Waals surface area (Å²) in [4.78, 5) is 25.3. The molecule has 0 bridgehead atoms. The molecule has 6 rings (SSSR count). The van der Waals surface area contributed by atoms with Crippen LogP contribution in [0.4, 0.5) is 0 Å². The van der Waals surface area contributed by atoms with Crippen LogP contribution in [0.1, 0.15) is 77.8 Å². The summed E-state index contributed by atoms with van der Waals surface area (Å²) in [7, 11) is 0. The molecule has 4 heterocycles. The van der Waals surface area contributed by atoms with Gasteiger partial charge < -0.3 is 29.2 Å². The van der Waals surface area contributed by atoms with Gasteiger partial charge in [0.1, 0.15) is 23.5 Å². The first-order valence-electron chi connectivity index (χ1n) is 14.3. The standard InChI is InChI=1S/C32H40O8/c1-18-10-22(33)14-24-23(18)12-21-15-28(3,4)8-7-9-29(5)20(13-25(34)30(21,6)37-24)16-31-19(2)11-26(35)39-32(31,40-29)17-27(36)38-31/h7-8,10-11,14,20-21,25,33-34H,9,12-13,15-17H2,1-6H3/b8-7+/t20-,21+,25+,29+,30+,31+,32-/m1/s1. The summed E-state index contributed by atoms with van der Waals surface area (Å²) in [5.74, 6) is -2.11. The number of fused-ring (bicyclic) bond motifs is 3. The Hall–Kier alpha value is -2.84. The molecule has 40 heavy (non-hydrogen) atoms. The second-order valence-corrected chi connectivity index (χ2v) is 13.8. The molecule has 0 amide bonds. The first kappa shape index (κ1) is 27.3. The molecule has 0 saturated carbocycles. The maximum atomic E-state index is 12.8. The fraction of sp³-hybridized carbons (Fsp3) is 0.625. The number of allylic oxidation sites excluding steroid dienone is 1. The molecule has 7 atom stereocenters.